The summed E-state index contributed by atoms with van der Waals surface area (Å²) in [4.78, 5) is 12.2. The Kier molecular flexibility index (Phi) is 3.53. The molecule has 2 aromatic rings. The highest BCUT2D eigenvalue weighted by Crippen LogP contribution is 2.28. The van der Waals surface area contributed by atoms with E-state index in [1.54, 1.807) is 11.3 Å². The van der Waals surface area contributed by atoms with Gasteiger partial charge >= 0.3 is 0 Å². The second-order valence-electron chi connectivity index (χ2n) is 5.14. The largest absolute Gasteiger partial charge is 0.298 e. The number of sulfone groups is 1. The van der Waals surface area contributed by atoms with E-state index in [1.807, 2.05) is 29.6 Å². The van der Waals surface area contributed by atoms with Crippen LogP contribution in [0.3, 0.4) is 0 Å². The summed E-state index contributed by atoms with van der Waals surface area (Å²) in [5, 5.41) is 2.96. The lowest BCUT2D eigenvalue weighted by molar-refractivity contribution is -0.120. The van der Waals surface area contributed by atoms with E-state index in [4.69, 9.17) is 0 Å². The molecule has 0 saturated heterocycles. The van der Waals surface area contributed by atoms with E-state index in [2.05, 4.69) is 0 Å². The van der Waals surface area contributed by atoms with Crippen LogP contribution in [0.1, 0.15) is 19.4 Å². The molecule has 0 unspecified atom stereocenters. The Balaban J connectivity index is 2.34. The average Bonchev–Trinajstić information content (AvgIpc) is 2.71. The molecule has 1 heterocycles. The predicted molar refractivity (Wildman–Crippen MR) is 79.5 cm³/mol. The molecule has 0 spiro atoms. The van der Waals surface area contributed by atoms with E-state index >= 15 is 0 Å². The Labute approximate surface area is 117 Å². The highest BCUT2D eigenvalue weighted by Gasteiger charge is 2.37. The normalized spacial score (nSPS) is 12.8. The minimum atomic E-state index is -3.40. The monoisotopic (exact) mass is 296 g/mol. The first-order chi connectivity index (χ1) is 8.73. The third kappa shape index (κ3) is 2.58. The molecule has 2 rings (SSSR count). The van der Waals surface area contributed by atoms with Crippen molar-refractivity contribution in [3.63, 3.8) is 0 Å². The topological polar surface area (TPSA) is 51.2 Å². The molecule has 0 aliphatic carbocycles. The van der Waals surface area contributed by atoms with Crippen LogP contribution < -0.4 is 0 Å². The quantitative estimate of drug-likeness (QED) is 0.871. The van der Waals surface area contributed by atoms with Crippen molar-refractivity contribution >= 4 is 37.0 Å². The van der Waals surface area contributed by atoms with E-state index in [9.17, 15) is 13.2 Å². The van der Waals surface area contributed by atoms with Crippen LogP contribution in [0.2, 0.25) is 0 Å². The lowest BCUT2D eigenvalue weighted by atomic mass is 10.00. The smallest absolute Gasteiger partial charge is 0.159 e. The van der Waals surface area contributed by atoms with Gasteiger partial charge in [-0.05, 0) is 36.2 Å². The van der Waals surface area contributed by atoms with Crippen molar-refractivity contribution in [1.29, 1.82) is 0 Å². The SMILES string of the molecule is CC(C)(C(=O)Cc1csc2ccccc12)S(C)(=O)=O. The summed E-state index contributed by atoms with van der Waals surface area (Å²) in [6.45, 7) is 2.94. The predicted octanol–water partition coefficient (Wildman–Crippen LogP) is 2.84. The summed E-state index contributed by atoms with van der Waals surface area (Å²) >= 11 is 1.57. The average molecular weight is 296 g/mol. The molecule has 0 fully saturated rings. The lowest BCUT2D eigenvalue weighted by Gasteiger charge is -2.20. The maximum absolute atomic E-state index is 12.2. The van der Waals surface area contributed by atoms with Crippen molar-refractivity contribution in [3.8, 4) is 0 Å². The molecule has 0 aliphatic heterocycles. The number of ketones is 1. The molecule has 0 atom stereocenters. The van der Waals surface area contributed by atoms with Crippen LogP contribution in [-0.2, 0) is 21.1 Å². The molecule has 3 nitrogen and oxygen atoms in total. The van der Waals surface area contributed by atoms with Gasteiger partial charge in [0.15, 0.2) is 15.6 Å². The molecule has 0 saturated carbocycles. The van der Waals surface area contributed by atoms with Gasteiger partial charge < -0.3 is 0 Å². The molecular weight excluding hydrogens is 280 g/mol. The Bertz CT molecular complexity index is 724. The Hall–Kier alpha value is -1.20. The number of hydrogen-bond acceptors (Lipinski definition) is 4. The van der Waals surface area contributed by atoms with E-state index in [0.717, 1.165) is 21.9 Å². The molecule has 0 N–H and O–H groups in total. The number of thiophene rings is 1. The number of carbonyl (C=O) groups is 1. The summed E-state index contributed by atoms with van der Waals surface area (Å²) < 4.78 is 23.1. The van der Waals surface area contributed by atoms with Gasteiger partial charge in [-0.3, -0.25) is 4.79 Å². The number of fused-ring (bicyclic) bond motifs is 1. The molecule has 0 radical (unpaired) electrons. The van der Waals surface area contributed by atoms with Gasteiger partial charge in [-0.2, -0.15) is 0 Å². The highest BCUT2D eigenvalue weighted by atomic mass is 32.2. The molecule has 1 aromatic heterocycles. The van der Waals surface area contributed by atoms with Crippen LogP contribution in [0.5, 0.6) is 0 Å². The van der Waals surface area contributed by atoms with Gasteiger partial charge in [-0.15, -0.1) is 11.3 Å². The first kappa shape index (κ1) is 14.2. The zero-order valence-corrected chi connectivity index (χ0v) is 12.8. The van der Waals surface area contributed by atoms with Crippen molar-refractivity contribution in [2.24, 2.45) is 0 Å². The lowest BCUT2D eigenvalue weighted by Crippen LogP contribution is -2.40. The van der Waals surface area contributed by atoms with Gasteiger partial charge in [0.25, 0.3) is 0 Å². The number of hydrogen-bond donors (Lipinski definition) is 0. The minimum absolute atomic E-state index is 0.157. The van der Waals surface area contributed by atoms with Gasteiger partial charge in [0, 0.05) is 17.4 Å². The van der Waals surface area contributed by atoms with E-state index in [-0.39, 0.29) is 12.2 Å². The van der Waals surface area contributed by atoms with Crippen LogP contribution in [-0.4, -0.2) is 25.2 Å². The molecule has 0 amide bonds. The van der Waals surface area contributed by atoms with Crippen molar-refractivity contribution in [1.82, 2.24) is 0 Å². The number of carbonyl (C=O) groups excluding carboxylic acids is 1. The van der Waals surface area contributed by atoms with Gasteiger partial charge in [0.2, 0.25) is 0 Å². The molecule has 5 heteroatoms. The van der Waals surface area contributed by atoms with Gasteiger partial charge in [-0.25, -0.2) is 8.42 Å². The van der Waals surface area contributed by atoms with Gasteiger partial charge in [-0.1, -0.05) is 18.2 Å². The van der Waals surface area contributed by atoms with Crippen LogP contribution in [0.15, 0.2) is 29.6 Å². The first-order valence-corrected chi connectivity index (χ1v) is 8.68. The molecule has 0 bridgehead atoms. The molecule has 1 aromatic carbocycles. The molecule has 0 aliphatic rings. The maximum atomic E-state index is 12.2. The summed E-state index contributed by atoms with van der Waals surface area (Å²) in [6, 6.07) is 7.83. The fraction of sp³-hybridized carbons (Fsp3) is 0.357. The standard InChI is InChI=1S/C14H16O3S2/c1-14(2,19(3,16)17)13(15)8-10-9-18-12-7-5-4-6-11(10)12/h4-7,9H,8H2,1-3H3. The Morgan fingerprint density at radius 3 is 2.53 bits per heavy atom. The Morgan fingerprint density at radius 2 is 1.89 bits per heavy atom. The summed E-state index contributed by atoms with van der Waals surface area (Å²) in [7, 11) is -3.40. The molecule has 19 heavy (non-hydrogen) atoms. The van der Waals surface area contributed by atoms with Crippen LogP contribution in [0.4, 0.5) is 0 Å². The van der Waals surface area contributed by atoms with E-state index < -0.39 is 14.6 Å². The van der Waals surface area contributed by atoms with Gasteiger partial charge in [0.05, 0.1) is 0 Å². The number of benzene rings is 1. The fourth-order valence-electron chi connectivity index (χ4n) is 1.76. The number of Topliss-reactive ketones (excluding diaryl/α,β-unsaturated/α-hetero) is 1. The zero-order valence-electron chi connectivity index (χ0n) is 11.1. The summed E-state index contributed by atoms with van der Waals surface area (Å²) in [5.74, 6) is -0.265. The van der Waals surface area contributed by atoms with Crippen LogP contribution in [0.25, 0.3) is 10.1 Å². The van der Waals surface area contributed by atoms with E-state index in [1.165, 1.54) is 13.8 Å². The van der Waals surface area contributed by atoms with Crippen molar-refractivity contribution in [2.45, 2.75) is 25.0 Å². The third-order valence-electron chi connectivity index (χ3n) is 3.51. The number of rotatable bonds is 4. The first-order valence-electron chi connectivity index (χ1n) is 5.91. The zero-order chi connectivity index (χ0) is 14.3. The summed E-state index contributed by atoms with van der Waals surface area (Å²) in [6.07, 6.45) is 1.26. The van der Waals surface area contributed by atoms with Crippen molar-refractivity contribution < 1.29 is 13.2 Å². The highest BCUT2D eigenvalue weighted by molar-refractivity contribution is 7.92. The maximum Gasteiger partial charge on any atom is 0.159 e. The van der Waals surface area contributed by atoms with Crippen molar-refractivity contribution in [2.75, 3.05) is 6.26 Å². The van der Waals surface area contributed by atoms with Crippen LogP contribution in [0, 0.1) is 0 Å². The fourth-order valence-corrected chi connectivity index (χ4v) is 3.21. The second kappa shape index (κ2) is 4.72. The van der Waals surface area contributed by atoms with Crippen LogP contribution >= 0.6 is 11.3 Å². The van der Waals surface area contributed by atoms with Gasteiger partial charge in [0.1, 0.15) is 4.75 Å². The minimum Gasteiger partial charge on any atom is -0.298 e. The second-order valence-corrected chi connectivity index (χ2v) is 8.62. The van der Waals surface area contributed by atoms with Crippen molar-refractivity contribution in [3.05, 3.63) is 35.2 Å². The van der Waals surface area contributed by atoms with E-state index in [0.29, 0.717) is 0 Å². The molecule has 102 valence electrons. The summed E-state index contributed by atoms with van der Waals surface area (Å²) in [5.41, 5.74) is 0.905. The Morgan fingerprint density at radius 1 is 1.26 bits per heavy atom. The molecular formula is C14H16O3S2. The third-order valence-corrected chi connectivity index (χ3v) is 6.60.